The molecule has 0 atom stereocenters. The Labute approximate surface area is 85.4 Å². The second-order valence-corrected chi connectivity index (χ2v) is 4.02. The summed E-state index contributed by atoms with van der Waals surface area (Å²) < 4.78 is 6.80. The molecule has 0 aliphatic carbocycles. The first kappa shape index (κ1) is 8.31. The summed E-state index contributed by atoms with van der Waals surface area (Å²) >= 11 is 2.32. The largest absolute Gasteiger partial charge is 0.492 e. The van der Waals surface area contributed by atoms with Gasteiger partial charge in [-0.25, -0.2) is 0 Å². The smallest absolute Gasteiger partial charge is 0.123 e. The first-order valence-electron chi connectivity index (χ1n) is 3.98. The zero-order chi connectivity index (χ0) is 8.39. The fourth-order valence-corrected chi connectivity index (χ4v) is 1.84. The molecule has 0 unspecified atom stereocenters. The van der Waals surface area contributed by atoms with E-state index in [1.807, 2.05) is 6.07 Å². The average Bonchev–Trinajstić information content (AvgIpc) is 2.28. The summed E-state index contributed by atoms with van der Waals surface area (Å²) in [7, 11) is 0. The molecule has 2 rings (SSSR count). The number of nitrogens with one attached hydrogen (secondary N) is 1. The Morgan fingerprint density at radius 2 is 2.33 bits per heavy atom. The minimum atomic E-state index is 0.771. The van der Waals surface area contributed by atoms with Crippen LogP contribution in [0, 0.1) is 3.57 Å². The molecule has 0 radical (unpaired) electrons. The Morgan fingerprint density at radius 3 is 3.25 bits per heavy atom. The van der Waals surface area contributed by atoms with Crippen molar-refractivity contribution in [3.8, 4) is 5.75 Å². The van der Waals surface area contributed by atoms with Crippen LogP contribution in [0.2, 0.25) is 0 Å². The van der Waals surface area contributed by atoms with Crippen LogP contribution in [0.3, 0.4) is 0 Å². The fraction of sp³-hybridized carbons (Fsp3) is 0.333. The maximum Gasteiger partial charge on any atom is 0.123 e. The molecule has 3 heteroatoms. The highest BCUT2D eigenvalue weighted by atomic mass is 127. The monoisotopic (exact) mass is 275 g/mol. The number of hydrogen-bond donors (Lipinski definition) is 1. The molecule has 0 aromatic heterocycles. The predicted molar refractivity (Wildman–Crippen MR) is 56.4 cm³/mol. The minimum absolute atomic E-state index is 0.771. The van der Waals surface area contributed by atoms with Crippen LogP contribution in [0.25, 0.3) is 0 Å². The van der Waals surface area contributed by atoms with Crippen LogP contribution in [0.4, 0.5) is 0 Å². The molecule has 0 saturated heterocycles. The van der Waals surface area contributed by atoms with Gasteiger partial charge < -0.3 is 10.1 Å². The molecule has 1 aromatic rings. The Morgan fingerprint density at radius 1 is 1.42 bits per heavy atom. The number of ether oxygens (including phenoxy) is 1. The molecule has 0 saturated carbocycles. The molecule has 2 nitrogen and oxygen atoms in total. The van der Waals surface area contributed by atoms with Gasteiger partial charge in [0.1, 0.15) is 12.4 Å². The van der Waals surface area contributed by atoms with Gasteiger partial charge in [-0.1, -0.05) is 0 Å². The number of hydrogen-bond acceptors (Lipinski definition) is 2. The third-order valence-corrected chi connectivity index (χ3v) is 2.55. The van der Waals surface area contributed by atoms with E-state index in [1.165, 1.54) is 9.13 Å². The lowest BCUT2D eigenvalue weighted by Crippen LogP contribution is -2.16. The van der Waals surface area contributed by atoms with Crippen molar-refractivity contribution < 1.29 is 4.74 Å². The van der Waals surface area contributed by atoms with E-state index in [4.69, 9.17) is 4.74 Å². The number of halogens is 1. The van der Waals surface area contributed by atoms with Gasteiger partial charge in [-0.3, -0.25) is 0 Å². The molecule has 1 heterocycles. The third kappa shape index (κ3) is 1.72. The third-order valence-electron chi connectivity index (χ3n) is 1.87. The van der Waals surface area contributed by atoms with E-state index in [2.05, 4.69) is 40.0 Å². The van der Waals surface area contributed by atoms with Gasteiger partial charge in [-0.15, -0.1) is 0 Å². The van der Waals surface area contributed by atoms with E-state index in [1.54, 1.807) is 0 Å². The van der Waals surface area contributed by atoms with Gasteiger partial charge in [-0.05, 0) is 40.8 Å². The molecule has 1 aliphatic rings. The maximum absolute atomic E-state index is 5.54. The Bertz CT molecular complexity index is 288. The summed E-state index contributed by atoms with van der Waals surface area (Å²) in [5, 5.41) is 3.30. The molecular weight excluding hydrogens is 265 g/mol. The molecule has 0 spiro atoms. The van der Waals surface area contributed by atoms with E-state index < -0.39 is 0 Å². The highest BCUT2D eigenvalue weighted by Crippen LogP contribution is 2.22. The average molecular weight is 275 g/mol. The number of benzene rings is 1. The van der Waals surface area contributed by atoms with Crippen LogP contribution in [0.5, 0.6) is 5.75 Å². The van der Waals surface area contributed by atoms with E-state index in [9.17, 15) is 0 Å². The summed E-state index contributed by atoms with van der Waals surface area (Å²) in [6.07, 6.45) is 0. The molecule has 0 amide bonds. The summed E-state index contributed by atoms with van der Waals surface area (Å²) in [6, 6.07) is 6.28. The van der Waals surface area contributed by atoms with Gasteiger partial charge in [0.2, 0.25) is 0 Å². The van der Waals surface area contributed by atoms with Crippen LogP contribution in [-0.2, 0) is 6.54 Å². The normalized spacial score (nSPS) is 16.1. The van der Waals surface area contributed by atoms with Gasteiger partial charge in [0.05, 0.1) is 0 Å². The van der Waals surface area contributed by atoms with Crippen LogP contribution in [-0.4, -0.2) is 13.2 Å². The molecule has 64 valence electrons. The zero-order valence-electron chi connectivity index (χ0n) is 6.64. The van der Waals surface area contributed by atoms with Crippen molar-refractivity contribution in [2.45, 2.75) is 6.54 Å². The lowest BCUT2D eigenvalue weighted by atomic mass is 10.2. The van der Waals surface area contributed by atoms with Crippen molar-refractivity contribution in [1.29, 1.82) is 0 Å². The molecular formula is C9H10INO. The number of rotatable bonds is 0. The SMILES string of the molecule is Ic1ccc2c(c1)CNCCO2. The first-order chi connectivity index (χ1) is 5.86. The van der Waals surface area contributed by atoms with Gasteiger partial charge >= 0.3 is 0 Å². The van der Waals surface area contributed by atoms with Gasteiger partial charge in [0.15, 0.2) is 0 Å². The molecule has 1 aliphatic heterocycles. The van der Waals surface area contributed by atoms with Crippen LogP contribution in [0.1, 0.15) is 5.56 Å². The molecule has 0 fully saturated rings. The van der Waals surface area contributed by atoms with E-state index >= 15 is 0 Å². The standard InChI is InChI=1S/C9H10INO/c10-8-1-2-9-7(5-8)6-11-3-4-12-9/h1-2,5,11H,3-4,6H2. The van der Waals surface area contributed by atoms with Crippen molar-refractivity contribution in [1.82, 2.24) is 5.32 Å². The summed E-state index contributed by atoms with van der Waals surface area (Å²) in [5.74, 6) is 1.03. The lowest BCUT2D eigenvalue weighted by Gasteiger charge is -2.05. The lowest BCUT2D eigenvalue weighted by molar-refractivity contribution is 0.325. The maximum atomic E-state index is 5.54. The highest BCUT2D eigenvalue weighted by molar-refractivity contribution is 14.1. The van der Waals surface area contributed by atoms with Gasteiger partial charge in [-0.2, -0.15) is 0 Å². The summed E-state index contributed by atoms with van der Waals surface area (Å²) in [6.45, 7) is 2.63. The Hall–Kier alpha value is -0.290. The second kappa shape index (κ2) is 3.62. The topological polar surface area (TPSA) is 21.3 Å². The fourth-order valence-electron chi connectivity index (χ4n) is 1.28. The van der Waals surface area contributed by atoms with E-state index in [0.29, 0.717) is 0 Å². The summed E-state index contributed by atoms with van der Waals surface area (Å²) in [4.78, 5) is 0. The molecule has 1 aromatic carbocycles. The van der Waals surface area contributed by atoms with E-state index in [0.717, 1.165) is 25.4 Å². The van der Waals surface area contributed by atoms with Crippen molar-refractivity contribution in [2.24, 2.45) is 0 Å². The van der Waals surface area contributed by atoms with Crippen LogP contribution >= 0.6 is 22.6 Å². The summed E-state index contributed by atoms with van der Waals surface area (Å²) in [5.41, 5.74) is 1.26. The van der Waals surface area contributed by atoms with Crippen LogP contribution < -0.4 is 10.1 Å². The van der Waals surface area contributed by atoms with Crippen molar-refractivity contribution in [3.63, 3.8) is 0 Å². The van der Waals surface area contributed by atoms with Gasteiger partial charge in [0, 0.05) is 22.2 Å². The quantitative estimate of drug-likeness (QED) is 0.729. The molecule has 0 bridgehead atoms. The zero-order valence-corrected chi connectivity index (χ0v) is 8.80. The predicted octanol–water partition coefficient (Wildman–Crippen LogP) is 1.77. The van der Waals surface area contributed by atoms with Gasteiger partial charge in [0.25, 0.3) is 0 Å². The van der Waals surface area contributed by atoms with Crippen molar-refractivity contribution in [3.05, 3.63) is 27.3 Å². The van der Waals surface area contributed by atoms with Crippen molar-refractivity contribution >= 4 is 22.6 Å². The highest BCUT2D eigenvalue weighted by Gasteiger charge is 2.07. The Balaban J connectivity index is 2.36. The van der Waals surface area contributed by atoms with Crippen molar-refractivity contribution in [2.75, 3.05) is 13.2 Å². The molecule has 1 N–H and O–H groups in total. The van der Waals surface area contributed by atoms with E-state index in [-0.39, 0.29) is 0 Å². The second-order valence-electron chi connectivity index (χ2n) is 2.78. The number of fused-ring (bicyclic) bond motifs is 1. The minimum Gasteiger partial charge on any atom is -0.492 e. The Kier molecular flexibility index (Phi) is 2.51. The molecule has 12 heavy (non-hydrogen) atoms. The first-order valence-corrected chi connectivity index (χ1v) is 5.06. The van der Waals surface area contributed by atoms with Crippen LogP contribution in [0.15, 0.2) is 18.2 Å².